The SMILES string of the molecule is CCC1C[C@H]2C[C@H]3[C@@H]4C/C=C\C(=O)NCCC[C@@H]5NC(=O)/C(=C(O)/C=C/[C@H]4CC(=O)[C@@H]3[C@@]2(O)[C@@H]1C)C5=O. The number of allylic oxidation sites excluding steroid dienone is 3. The molecule has 8 nitrogen and oxygen atoms in total. The van der Waals surface area contributed by atoms with Gasteiger partial charge in [0.1, 0.15) is 17.1 Å². The van der Waals surface area contributed by atoms with Crippen LogP contribution in [0.15, 0.2) is 35.6 Å². The molecule has 9 atom stereocenters. The number of amides is 2. The number of aliphatic hydroxyl groups is 2. The molecule has 5 aliphatic rings. The minimum absolute atomic E-state index is 0.0172. The molecule has 4 N–H and O–H groups in total. The average molecular weight is 511 g/mol. The lowest BCUT2D eigenvalue weighted by molar-refractivity contribution is -0.145. The first kappa shape index (κ1) is 25.9. The molecule has 4 fully saturated rings. The molecule has 1 unspecified atom stereocenters. The fraction of sp³-hybridized carbons (Fsp3) is 0.655. The van der Waals surface area contributed by atoms with E-state index in [2.05, 4.69) is 24.5 Å². The molecular formula is C29H38N2O6. The molecule has 3 aliphatic carbocycles. The zero-order valence-corrected chi connectivity index (χ0v) is 21.6. The lowest BCUT2D eigenvalue weighted by Crippen LogP contribution is -2.51. The Bertz CT molecular complexity index is 1090. The topological polar surface area (TPSA) is 133 Å². The van der Waals surface area contributed by atoms with E-state index >= 15 is 0 Å². The van der Waals surface area contributed by atoms with Crippen molar-refractivity contribution in [1.29, 1.82) is 0 Å². The molecule has 0 spiro atoms. The summed E-state index contributed by atoms with van der Waals surface area (Å²) in [5.74, 6) is -1.80. The van der Waals surface area contributed by atoms with Crippen molar-refractivity contribution in [2.24, 2.45) is 41.4 Å². The van der Waals surface area contributed by atoms with E-state index in [0.29, 0.717) is 31.7 Å². The summed E-state index contributed by atoms with van der Waals surface area (Å²) in [5.41, 5.74) is -1.25. The molecule has 2 aliphatic heterocycles. The maximum absolute atomic E-state index is 13.6. The quantitative estimate of drug-likeness (QED) is 0.401. The summed E-state index contributed by atoms with van der Waals surface area (Å²) in [6.07, 6.45) is 10.8. The Morgan fingerprint density at radius 3 is 2.65 bits per heavy atom. The summed E-state index contributed by atoms with van der Waals surface area (Å²) < 4.78 is 0. The molecule has 8 heteroatoms. The van der Waals surface area contributed by atoms with Gasteiger partial charge in [-0.1, -0.05) is 32.4 Å². The van der Waals surface area contributed by atoms with Crippen LogP contribution in [-0.4, -0.2) is 51.8 Å². The fourth-order valence-corrected chi connectivity index (χ4v) is 8.20. The van der Waals surface area contributed by atoms with Gasteiger partial charge in [-0.05, 0) is 79.8 Å². The monoisotopic (exact) mass is 510 g/mol. The van der Waals surface area contributed by atoms with E-state index in [1.165, 1.54) is 12.2 Å². The van der Waals surface area contributed by atoms with E-state index in [1.54, 1.807) is 6.08 Å². The molecule has 2 bridgehead atoms. The molecule has 1 saturated heterocycles. The number of hydrogen-bond acceptors (Lipinski definition) is 6. The zero-order chi connectivity index (χ0) is 26.5. The van der Waals surface area contributed by atoms with Crippen LogP contribution in [0.4, 0.5) is 0 Å². The highest BCUT2D eigenvalue weighted by atomic mass is 16.3. The number of nitrogens with one attached hydrogen (secondary N) is 2. The van der Waals surface area contributed by atoms with Gasteiger partial charge in [-0.3, -0.25) is 19.2 Å². The second kappa shape index (κ2) is 9.86. The standard InChI is InChI=1S/C29H38N2O6/c1-3-16-12-18-14-20-19-6-4-8-24(34)30-11-5-7-21-27(35)25(28(36)31-21)22(32)10-9-17(19)13-23(33)26(20)29(18,37)15(16)2/h4,8-10,15-21,26,32,37H,3,5-7,11-14H2,1-2H3,(H,30,34)(H,31,36)/b8-4-,10-9+,25-22-/t15-,16?,17+,18+,19-,20+,21+,26-,29-/m1/s1. The van der Waals surface area contributed by atoms with Crippen LogP contribution in [0.5, 0.6) is 0 Å². The van der Waals surface area contributed by atoms with E-state index in [4.69, 9.17) is 0 Å². The van der Waals surface area contributed by atoms with Crippen LogP contribution in [0, 0.1) is 41.4 Å². The molecule has 2 amide bonds. The molecule has 5 rings (SSSR count). The van der Waals surface area contributed by atoms with Gasteiger partial charge in [-0.2, -0.15) is 0 Å². The van der Waals surface area contributed by atoms with Gasteiger partial charge in [-0.25, -0.2) is 0 Å². The van der Waals surface area contributed by atoms with E-state index in [-0.39, 0.29) is 59.0 Å². The number of carbonyl (C=O) groups excluding carboxylic acids is 4. The second-order valence-corrected chi connectivity index (χ2v) is 11.7. The van der Waals surface area contributed by atoms with Crippen LogP contribution in [0.25, 0.3) is 0 Å². The van der Waals surface area contributed by atoms with Gasteiger partial charge < -0.3 is 20.8 Å². The molecule has 0 aromatic rings. The Hall–Kier alpha value is -2.74. The Balaban J connectivity index is 1.49. The first-order chi connectivity index (χ1) is 17.7. The zero-order valence-electron chi connectivity index (χ0n) is 21.6. The lowest BCUT2D eigenvalue weighted by Gasteiger charge is -2.44. The van der Waals surface area contributed by atoms with Crippen LogP contribution in [0.2, 0.25) is 0 Å². The van der Waals surface area contributed by atoms with Gasteiger partial charge in [0.2, 0.25) is 5.91 Å². The maximum atomic E-state index is 13.6. The molecular weight excluding hydrogens is 472 g/mol. The van der Waals surface area contributed by atoms with Gasteiger partial charge in [-0.15, -0.1) is 0 Å². The Kier molecular flexibility index (Phi) is 6.90. The number of rotatable bonds is 1. The average Bonchev–Trinajstić information content (AvgIpc) is 3.41. The normalized spacial score (nSPS) is 46.0. The minimum atomic E-state index is -0.999. The highest BCUT2D eigenvalue weighted by Gasteiger charge is 2.66. The number of carbonyl (C=O) groups is 4. The molecule has 3 saturated carbocycles. The summed E-state index contributed by atoms with van der Waals surface area (Å²) in [6.45, 7) is 4.59. The van der Waals surface area contributed by atoms with Crippen molar-refractivity contribution in [3.8, 4) is 0 Å². The Morgan fingerprint density at radius 2 is 1.89 bits per heavy atom. The lowest BCUT2D eigenvalue weighted by atomic mass is 9.61. The number of hydrogen-bond donors (Lipinski definition) is 4. The number of ketones is 2. The largest absolute Gasteiger partial charge is 0.507 e. The molecule has 37 heavy (non-hydrogen) atoms. The Labute approximate surface area is 217 Å². The van der Waals surface area contributed by atoms with Gasteiger partial charge in [0.15, 0.2) is 5.78 Å². The highest BCUT2D eigenvalue weighted by Crippen LogP contribution is 2.63. The first-order valence-electron chi connectivity index (χ1n) is 13.8. The van der Waals surface area contributed by atoms with Crippen LogP contribution in [0.1, 0.15) is 58.8 Å². The third-order valence-electron chi connectivity index (χ3n) is 10.1. The molecule has 2 heterocycles. The summed E-state index contributed by atoms with van der Waals surface area (Å²) in [6, 6.07) is -0.726. The van der Waals surface area contributed by atoms with Crippen molar-refractivity contribution < 1.29 is 29.4 Å². The smallest absolute Gasteiger partial charge is 0.259 e. The van der Waals surface area contributed by atoms with Crippen LogP contribution in [0.3, 0.4) is 0 Å². The van der Waals surface area contributed by atoms with E-state index in [1.807, 2.05) is 6.08 Å². The maximum Gasteiger partial charge on any atom is 0.259 e. The first-order valence-corrected chi connectivity index (χ1v) is 13.8. The van der Waals surface area contributed by atoms with E-state index in [0.717, 1.165) is 19.3 Å². The van der Waals surface area contributed by atoms with Crippen molar-refractivity contribution >= 4 is 23.4 Å². The van der Waals surface area contributed by atoms with Gasteiger partial charge in [0, 0.05) is 13.0 Å². The molecule has 0 aromatic carbocycles. The predicted molar refractivity (Wildman–Crippen MR) is 136 cm³/mol. The summed E-state index contributed by atoms with van der Waals surface area (Å²) in [4.78, 5) is 51.2. The van der Waals surface area contributed by atoms with Crippen LogP contribution in [-0.2, 0) is 19.2 Å². The molecule has 200 valence electrons. The fourth-order valence-electron chi connectivity index (χ4n) is 8.20. The minimum Gasteiger partial charge on any atom is -0.507 e. The van der Waals surface area contributed by atoms with Crippen molar-refractivity contribution in [1.82, 2.24) is 10.6 Å². The van der Waals surface area contributed by atoms with Crippen molar-refractivity contribution in [2.45, 2.75) is 70.4 Å². The van der Waals surface area contributed by atoms with Gasteiger partial charge in [0.05, 0.1) is 17.6 Å². The second-order valence-electron chi connectivity index (χ2n) is 11.7. The van der Waals surface area contributed by atoms with Crippen molar-refractivity contribution in [2.75, 3.05) is 6.54 Å². The highest BCUT2D eigenvalue weighted by molar-refractivity contribution is 6.27. The van der Waals surface area contributed by atoms with Crippen LogP contribution < -0.4 is 10.6 Å². The third kappa shape index (κ3) is 4.27. The summed E-state index contributed by atoms with van der Waals surface area (Å²) >= 11 is 0. The molecule has 0 aromatic heterocycles. The number of aliphatic hydroxyl groups excluding tert-OH is 1. The van der Waals surface area contributed by atoms with Crippen molar-refractivity contribution in [3.05, 3.63) is 35.6 Å². The Morgan fingerprint density at radius 1 is 1.11 bits per heavy atom. The van der Waals surface area contributed by atoms with Crippen LogP contribution >= 0.6 is 0 Å². The van der Waals surface area contributed by atoms with Gasteiger partial charge >= 0.3 is 0 Å². The predicted octanol–water partition coefficient (Wildman–Crippen LogP) is 2.53. The number of Topliss-reactive ketones (excluding diaryl/α,β-unsaturated/α-hetero) is 2. The van der Waals surface area contributed by atoms with E-state index in [9.17, 15) is 29.4 Å². The number of fused-ring (bicyclic) bond motifs is 7. The van der Waals surface area contributed by atoms with Gasteiger partial charge in [0.25, 0.3) is 5.91 Å². The van der Waals surface area contributed by atoms with E-state index < -0.39 is 29.3 Å². The molecule has 0 radical (unpaired) electrons. The summed E-state index contributed by atoms with van der Waals surface area (Å²) in [7, 11) is 0. The summed E-state index contributed by atoms with van der Waals surface area (Å²) in [5, 5.41) is 28.1. The third-order valence-corrected chi connectivity index (χ3v) is 10.1. The van der Waals surface area contributed by atoms with Crippen molar-refractivity contribution in [3.63, 3.8) is 0 Å².